The van der Waals surface area contributed by atoms with Crippen LogP contribution in [0.4, 0.5) is 0 Å². The van der Waals surface area contributed by atoms with E-state index in [1.807, 2.05) is 0 Å². The Morgan fingerprint density at radius 1 is 1.04 bits per heavy atom. The van der Waals surface area contributed by atoms with Crippen LogP contribution in [0.25, 0.3) is 0 Å². The van der Waals surface area contributed by atoms with E-state index in [9.17, 15) is 14.4 Å². The minimum absolute atomic E-state index is 0.0548. The third-order valence-electron chi connectivity index (χ3n) is 4.63. The first kappa shape index (κ1) is 17.0. The summed E-state index contributed by atoms with van der Waals surface area (Å²) in [7, 11) is 0. The van der Waals surface area contributed by atoms with Gasteiger partial charge < -0.3 is 19.2 Å². The van der Waals surface area contributed by atoms with Crippen LogP contribution in [0, 0.1) is 13.8 Å². The van der Waals surface area contributed by atoms with E-state index in [1.54, 1.807) is 29.7 Å². The van der Waals surface area contributed by atoms with Gasteiger partial charge >= 0.3 is 0 Å². The maximum Gasteiger partial charge on any atom is 0.270 e. The highest BCUT2D eigenvalue weighted by atomic mass is 16.3. The van der Waals surface area contributed by atoms with Gasteiger partial charge in [0.25, 0.3) is 11.8 Å². The molecule has 0 bridgehead atoms. The summed E-state index contributed by atoms with van der Waals surface area (Å²) in [4.78, 5) is 43.3. The fourth-order valence-corrected chi connectivity index (χ4v) is 3.33. The average molecular weight is 343 g/mol. The monoisotopic (exact) mass is 343 g/mol. The molecule has 0 unspecified atom stereocenters. The third-order valence-corrected chi connectivity index (χ3v) is 4.63. The molecule has 3 heterocycles. The number of H-pyrrole nitrogens is 1. The number of ketones is 1. The molecule has 132 valence electrons. The second-order valence-corrected chi connectivity index (χ2v) is 6.28. The number of aromatic nitrogens is 1. The van der Waals surface area contributed by atoms with Gasteiger partial charge in [0, 0.05) is 37.4 Å². The number of amides is 2. The normalized spacial score (nSPS) is 14.7. The summed E-state index contributed by atoms with van der Waals surface area (Å²) in [5, 5.41) is 0. The molecule has 3 rings (SSSR count). The van der Waals surface area contributed by atoms with Crippen LogP contribution in [-0.4, -0.2) is 58.6 Å². The molecular formula is C18H21N3O4. The Morgan fingerprint density at radius 2 is 1.64 bits per heavy atom. The van der Waals surface area contributed by atoms with Gasteiger partial charge in [-0.2, -0.15) is 0 Å². The van der Waals surface area contributed by atoms with Gasteiger partial charge in [-0.25, -0.2) is 0 Å². The number of hydrogen-bond acceptors (Lipinski definition) is 4. The van der Waals surface area contributed by atoms with Crippen LogP contribution < -0.4 is 0 Å². The molecule has 0 aliphatic carbocycles. The number of furan rings is 1. The maximum absolute atomic E-state index is 12.8. The molecule has 1 saturated heterocycles. The Kier molecular flexibility index (Phi) is 4.48. The summed E-state index contributed by atoms with van der Waals surface area (Å²) in [5.74, 6) is -0.282. The molecule has 2 aromatic rings. The molecule has 7 heteroatoms. The van der Waals surface area contributed by atoms with E-state index in [0.717, 1.165) is 0 Å². The van der Waals surface area contributed by atoms with Gasteiger partial charge in [0.15, 0.2) is 5.78 Å². The van der Waals surface area contributed by atoms with Crippen LogP contribution in [0.3, 0.4) is 0 Å². The average Bonchev–Trinajstić information content (AvgIpc) is 3.22. The number of carbonyl (C=O) groups is 3. The summed E-state index contributed by atoms with van der Waals surface area (Å²) in [6.07, 6.45) is 2.89. The predicted molar refractivity (Wildman–Crippen MR) is 90.8 cm³/mol. The Bertz CT molecular complexity index is 812. The van der Waals surface area contributed by atoms with Crippen LogP contribution in [0.2, 0.25) is 0 Å². The van der Waals surface area contributed by atoms with E-state index >= 15 is 0 Å². The van der Waals surface area contributed by atoms with Gasteiger partial charge in [0.2, 0.25) is 0 Å². The molecule has 1 N–H and O–H groups in total. The second kappa shape index (κ2) is 6.58. The van der Waals surface area contributed by atoms with E-state index in [2.05, 4.69) is 4.98 Å². The van der Waals surface area contributed by atoms with Gasteiger partial charge in [-0.1, -0.05) is 0 Å². The number of nitrogens with zero attached hydrogens (tertiary/aromatic N) is 2. The SMILES string of the molecule is CC(=O)c1c(C)[nH]c(C(=O)N2CCN(C(=O)c3ccoc3)CC2)c1C. The Balaban J connectivity index is 1.69. The van der Waals surface area contributed by atoms with Crippen LogP contribution in [-0.2, 0) is 0 Å². The lowest BCUT2D eigenvalue weighted by atomic mass is 10.1. The standard InChI is InChI=1S/C18H21N3O4/c1-11-15(13(3)22)12(2)19-16(11)18(24)21-7-5-20(6-8-21)17(23)14-4-9-25-10-14/h4,9-10,19H,5-8H2,1-3H3. The zero-order chi connectivity index (χ0) is 18.1. The number of Topliss-reactive ketones (excluding diaryl/α,β-unsaturated/α-hetero) is 1. The molecule has 0 spiro atoms. The van der Waals surface area contributed by atoms with Crippen molar-refractivity contribution in [1.29, 1.82) is 0 Å². The molecule has 7 nitrogen and oxygen atoms in total. The zero-order valence-corrected chi connectivity index (χ0v) is 14.6. The van der Waals surface area contributed by atoms with Crippen molar-refractivity contribution in [3.63, 3.8) is 0 Å². The molecular weight excluding hydrogens is 322 g/mol. The lowest BCUT2D eigenvalue weighted by Crippen LogP contribution is -2.50. The summed E-state index contributed by atoms with van der Waals surface area (Å²) < 4.78 is 4.95. The van der Waals surface area contributed by atoms with Crippen molar-refractivity contribution in [2.45, 2.75) is 20.8 Å². The van der Waals surface area contributed by atoms with Gasteiger partial charge in [-0.15, -0.1) is 0 Å². The topological polar surface area (TPSA) is 86.6 Å². The Labute approximate surface area is 145 Å². The number of hydrogen-bond donors (Lipinski definition) is 1. The minimum atomic E-state index is -0.136. The molecule has 0 atom stereocenters. The van der Waals surface area contributed by atoms with Crippen molar-refractivity contribution >= 4 is 17.6 Å². The highest BCUT2D eigenvalue weighted by molar-refractivity contribution is 6.02. The highest BCUT2D eigenvalue weighted by Crippen LogP contribution is 2.21. The Morgan fingerprint density at radius 3 is 2.12 bits per heavy atom. The van der Waals surface area contributed by atoms with E-state index < -0.39 is 0 Å². The molecule has 25 heavy (non-hydrogen) atoms. The van der Waals surface area contributed by atoms with Crippen LogP contribution in [0.5, 0.6) is 0 Å². The minimum Gasteiger partial charge on any atom is -0.472 e. The van der Waals surface area contributed by atoms with Gasteiger partial charge in [0.05, 0.1) is 11.8 Å². The zero-order valence-electron chi connectivity index (χ0n) is 14.6. The highest BCUT2D eigenvalue weighted by Gasteiger charge is 2.28. The van der Waals surface area contributed by atoms with E-state index in [4.69, 9.17) is 4.42 Å². The number of aromatic amines is 1. The van der Waals surface area contributed by atoms with Gasteiger partial charge in [-0.05, 0) is 32.4 Å². The molecule has 1 fully saturated rings. The summed E-state index contributed by atoms with van der Waals surface area (Å²) in [6.45, 7) is 6.92. The summed E-state index contributed by atoms with van der Waals surface area (Å²) >= 11 is 0. The van der Waals surface area contributed by atoms with Crippen LogP contribution in [0.15, 0.2) is 23.0 Å². The Hall–Kier alpha value is -2.83. The van der Waals surface area contributed by atoms with Gasteiger partial charge in [0.1, 0.15) is 12.0 Å². The lowest BCUT2D eigenvalue weighted by molar-refractivity contribution is 0.0531. The van der Waals surface area contributed by atoms with E-state index in [-0.39, 0.29) is 17.6 Å². The van der Waals surface area contributed by atoms with E-state index in [0.29, 0.717) is 54.3 Å². The number of rotatable bonds is 3. The first-order chi connectivity index (χ1) is 11.9. The number of aryl methyl sites for hydroxylation is 1. The quantitative estimate of drug-likeness (QED) is 0.864. The molecule has 1 aliphatic rings. The van der Waals surface area contributed by atoms with Crippen molar-refractivity contribution in [2.24, 2.45) is 0 Å². The first-order valence-electron chi connectivity index (χ1n) is 8.21. The van der Waals surface area contributed by atoms with Crippen molar-refractivity contribution in [2.75, 3.05) is 26.2 Å². The lowest BCUT2D eigenvalue weighted by Gasteiger charge is -2.34. The number of piperazine rings is 1. The molecule has 1 aliphatic heterocycles. The van der Waals surface area contributed by atoms with E-state index in [1.165, 1.54) is 19.5 Å². The predicted octanol–water partition coefficient (Wildman–Crippen LogP) is 2.03. The van der Waals surface area contributed by atoms with Crippen molar-refractivity contribution in [3.05, 3.63) is 46.7 Å². The molecule has 2 aromatic heterocycles. The summed E-state index contributed by atoms with van der Waals surface area (Å²) in [5.41, 5.74) is 2.95. The maximum atomic E-state index is 12.8. The van der Waals surface area contributed by atoms with Crippen LogP contribution >= 0.6 is 0 Å². The van der Waals surface area contributed by atoms with Crippen LogP contribution in [0.1, 0.15) is 49.4 Å². The molecule has 2 amide bonds. The summed E-state index contributed by atoms with van der Waals surface area (Å²) in [6, 6.07) is 1.63. The largest absolute Gasteiger partial charge is 0.472 e. The first-order valence-corrected chi connectivity index (χ1v) is 8.21. The van der Waals surface area contributed by atoms with Crippen molar-refractivity contribution < 1.29 is 18.8 Å². The van der Waals surface area contributed by atoms with Gasteiger partial charge in [-0.3, -0.25) is 14.4 Å². The number of nitrogens with one attached hydrogen (secondary N) is 1. The van der Waals surface area contributed by atoms with Crippen molar-refractivity contribution in [1.82, 2.24) is 14.8 Å². The number of carbonyl (C=O) groups excluding carboxylic acids is 3. The fraction of sp³-hybridized carbons (Fsp3) is 0.389. The molecule has 0 radical (unpaired) electrons. The molecule has 0 saturated carbocycles. The fourth-order valence-electron chi connectivity index (χ4n) is 3.33. The second-order valence-electron chi connectivity index (χ2n) is 6.28. The smallest absolute Gasteiger partial charge is 0.270 e. The van der Waals surface area contributed by atoms with Crippen molar-refractivity contribution in [3.8, 4) is 0 Å². The molecule has 0 aromatic carbocycles. The third kappa shape index (κ3) is 3.09.